The van der Waals surface area contributed by atoms with Gasteiger partial charge in [-0.1, -0.05) is 29.9 Å². The molecule has 0 amide bonds. The van der Waals surface area contributed by atoms with E-state index in [1.54, 1.807) is 0 Å². The zero-order valence-electron chi connectivity index (χ0n) is 7.63. The van der Waals surface area contributed by atoms with Gasteiger partial charge in [-0.05, 0) is 20.3 Å². The summed E-state index contributed by atoms with van der Waals surface area (Å²) in [7, 11) is 0. The predicted octanol–water partition coefficient (Wildman–Crippen LogP) is 2.80. The van der Waals surface area contributed by atoms with Crippen molar-refractivity contribution in [2.24, 2.45) is 0 Å². The van der Waals surface area contributed by atoms with E-state index >= 15 is 0 Å². The van der Waals surface area contributed by atoms with E-state index < -0.39 is 0 Å². The molecule has 1 aliphatic rings. The highest BCUT2D eigenvalue weighted by molar-refractivity contribution is 6.01. The normalized spacial score (nSPS) is 19.0. The Morgan fingerprint density at radius 2 is 2.00 bits per heavy atom. The van der Waals surface area contributed by atoms with Crippen molar-refractivity contribution in [3.63, 3.8) is 0 Å². The summed E-state index contributed by atoms with van der Waals surface area (Å²) >= 11 is 0. The average Bonchev–Trinajstić information content (AvgIpc) is 2.35. The molecule has 0 aromatic rings. The van der Waals surface area contributed by atoms with Gasteiger partial charge < -0.3 is 0 Å². The molecule has 0 N–H and O–H groups in total. The lowest BCUT2D eigenvalue weighted by Gasteiger charge is -1.91. The Labute approximate surface area is 73.5 Å². The van der Waals surface area contributed by atoms with Crippen LogP contribution in [0.2, 0.25) is 0 Å². The molecule has 64 valence electrons. The third-order valence-corrected chi connectivity index (χ3v) is 2.05. The van der Waals surface area contributed by atoms with Crippen molar-refractivity contribution >= 4 is 5.78 Å². The molecule has 0 radical (unpaired) electrons. The van der Waals surface area contributed by atoms with Crippen LogP contribution in [0.25, 0.3) is 0 Å². The number of hydrogen-bond acceptors (Lipinski definition) is 1. The van der Waals surface area contributed by atoms with Crippen molar-refractivity contribution in [3.8, 4) is 0 Å². The number of carbonyl (C=O) groups is 1. The molecular weight excluding hydrogens is 148 g/mol. The lowest BCUT2D eigenvalue weighted by atomic mass is 10.1. The average molecular weight is 162 g/mol. The van der Waals surface area contributed by atoms with Gasteiger partial charge in [0.2, 0.25) is 0 Å². The Kier molecular flexibility index (Phi) is 3.03. The van der Waals surface area contributed by atoms with Gasteiger partial charge in [0.05, 0.1) is 0 Å². The maximum Gasteiger partial charge on any atom is 0.163 e. The van der Waals surface area contributed by atoms with Crippen LogP contribution < -0.4 is 0 Å². The summed E-state index contributed by atoms with van der Waals surface area (Å²) in [5, 5.41) is 0. The van der Waals surface area contributed by atoms with Crippen LogP contribution in [0.1, 0.15) is 26.7 Å². The Bertz CT molecular complexity index is 267. The van der Waals surface area contributed by atoms with Gasteiger partial charge >= 0.3 is 0 Å². The SMILES string of the molecule is C/C=C\C=C\C1=C(C)CCC1=O. The molecule has 0 unspecified atom stereocenters. The second kappa shape index (κ2) is 4.05. The number of allylic oxidation sites excluding steroid dienone is 6. The van der Waals surface area contributed by atoms with Crippen molar-refractivity contribution in [1.29, 1.82) is 0 Å². The van der Waals surface area contributed by atoms with Crippen LogP contribution in [0, 0.1) is 0 Å². The zero-order chi connectivity index (χ0) is 8.97. The summed E-state index contributed by atoms with van der Waals surface area (Å²) < 4.78 is 0. The number of ketones is 1. The Hall–Kier alpha value is -1.11. The van der Waals surface area contributed by atoms with Gasteiger partial charge in [-0.2, -0.15) is 0 Å². The fourth-order valence-electron chi connectivity index (χ4n) is 1.31. The van der Waals surface area contributed by atoms with Crippen LogP contribution in [-0.4, -0.2) is 5.78 Å². The molecule has 0 bridgehead atoms. The topological polar surface area (TPSA) is 17.1 Å². The molecule has 12 heavy (non-hydrogen) atoms. The van der Waals surface area contributed by atoms with Gasteiger partial charge in [0.25, 0.3) is 0 Å². The number of Topliss-reactive ketones (excluding diaryl/α,β-unsaturated/α-hetero) is 1. The van der Waals surface area contributed by atoms with E-state index in [0.29, 0.717) is 6.42 Å². The zero-order valence-corrected chi connectivity index (χ0v) is 7.63. The molecule has 0 aromatic carbocycles. The second-order valence-corrected chi connectivity index (χ2v) is 3.00. The summed E-state index contributed by atoms with van der Waals surface area (Å²) in [5.41, 5.74) is 2.13. The third kappa shape index (κ3) is 1.94. The Balaban J connectivity index is 2.73. The monoisotopic (exact) mass is 162 g/mol. The molecule has 1 nitrogen and oxygen atoms in total. The van der Waals surface area contributed by atoms with Crippen LogP contribution >= 0.6 is 0 Å². The van der Waals surface area contributed by atoms with Crippen LogP contribution in [-0.2, 0) is 4.79 Å². The van der Waals surface area contributed by atoms with Crippen LogP contribution in [0.15, 0.2) is 35.5 Å². The quantitative estimate of drug-likeness (QED) is 0.570. The van der Waals surface area contributed by atoms with Crippen LogP contribution in [0.4, 0.5) is 0 Å². The summed E-state index contributed by atoms with van der Waals surface area (Å²) in [6.07, 6.45) is 9.35. The molecule has 1 rings (SSSR count). The first kappa shape index (κ1) is 8.98. The van der Waals surface area contributed by atoms with Crippen molar-refractivity contribution in [3.05, 3.63) is 35.5 Å². The summed E-state index contributed by atoms with van der Waals surface area (Å²) in [5.74, 6) is 0.285. The van der Waals surface area contributed by atoms with E-state index in [1.807, 2.05) is 38.2 Å². The van der Waals surface area contributed by atoms with Gasteiger partial charge in [-0.15, -0.1) is 0 Å². The van der Waals surface area contributed by atoms with Gasteiger partial charge in [0.1, 0.15) is 0 Å². The van der Waals surface area contributed by atoms with Crippen molar-refractivity contribution in [2.75, 3.05) is 0 Å². The Morgan fingerprint density at radius 3 is 2.50 bits per heavy atom. The van der Waals surface area contributed by atoms with E-state index in [1.165, 1.54) is 5.57 Å². The summed E-state index contributed by atoms with van der Waals surface area (Å²) in [6.45, 7) is 3.99. The lowest BCUT2D eigenvalue weighted by Crippen LogP contribution is -1.91. The van der Waals surface area contributed by atoms with E-state index in [4.69, 9.17) is 0 Å². The minimum absolute atomic E-state index is 0.285. The molecule has 1 heteroatoms. The van der Waals surface area contributed by atoms with Gasteiger partial charge in [-0.3, -0.25) is 4.79 Å². The molecule has 0 fully saturated rings. The molecule has 0 saturated heterocycles. The second-order valence-electron chi connectivity index (χ2n) is 3.00. The Morgan fingerprint density at radius 1 is 1.25 bits per heavy atom. The maximum atomic E-state index is 11.2. The molecule has 0 aliphatic heterocycles. The first-order valence-corrected chi connectivity index (χ1v) is 4.28. The third-order valence-electron chi connectivity index (χ3n) is 2.05. The van der Waals surface area contributed by atoms with E-state index in [-0.39, 0.29) is 5.78 Å². The first-order valence-electron chi connectivity index (χ1n) is 4.28. The lowest BCUT2D eigenvalue weighted by molar-refractivity contribution is -0.114. The fraction of sp³-hybridized carbons (Fsp3) is 0.364. The van der Waals surface area contributed by atoms with Crippen LogP contribution in [0.3, 0.4) is 0 Å². The molecule has 0 saturated carbocycles. The molecule has 0 atom stereocenters. The first-order chi connectivity index (χ1) is 5.75. The summed E-state index contributed by atoms with van der Waals surface area (Å²) in [6, 6.07) is 0. The van der Waals surface area contributed by atoms with Crippen LogP contribution in [0.5, 0.6) is 0 Å². The standard InChI is InChI=1S/C11H14O/c1-3-4-5-6-10-9(2)7-8-11(10)12/h3-6H,7-8H2,1-2H3/b4-3-,6-5+. The minimum atomic E-state index is 0.285. The highest BCUT2D eigenvalue weighted by atomic mass is 16.1. The molecular formula is C11H14O. The molecule has 0 spiro atoms. The molecule has 1 aliphatic carbocycles. The highest BCUT2D eigenvalue weighted by Crippen LogP contribution is 2.22. The van der Waals surface area contributed by atoms with Crippen molar-refractivity contribution < 1.29 is 4.79 Å². The van der Waals surface area contributed by atoms with Gasteiger partial charge in [0.15, 0.2) is 5.78 Å². The predicted molar refractivity (Wildman–Crippen MR) is 50.9 cm³/mol. The fourth-order valence-corrected chi connectivity index (χ4v) is 1.31. The molecule has 0 heterocycles. The number of rotatable bonds is 2. The minimum Gasteiger partial charge on any atom is -0.294 e. The maximum absolute atomic E-state index is 11.2. The summed E-state index contributed by atoms with van der Waals surface area (Å²) in [4.78, 5) is 11.2. The van der Waals surface area contributed by atoms with E-state index in [2.05, 4.69) is 0 Å². The smallest absolute Gasteiger partial charge is 0.163 e. The molecule has 0 aromatic heterocycles. The number of carbonyl (C=O) groups excluding carboxylic acids is 1. The van der Waals surface area contributed by atoms with E-state index in [9.17, 15) is 4.79 Å². The highest BCUT2D eigenvalue weighted by Gasteiger charge is 2.16. The number of hydrogen-bond donors (Lipinski definition) is 0. The van der Waals surface area contributed by atoms with Gasteiger partial charge in [0, 0.05) is 12.0 Å². The van der Waals surface area contributed by atoms with Crippen molar-refractivity contribution in [2.45, 2.75) is 26.7 Å². The van der Waals surface area contributed by atoms with E-state index in [0.717, 1.165) is 12.0 Å². The van der Waals surface area contributed by atoms with Gasteiger partial charge in [-0.25, -0.2) is 0 Å². The largest absolute Gasteiger partial charge is 0.294 e. The van der Waals surface area contributed by atoms with Crippen molar-refractivity contribution in [1.82, 2.24) is 0 Å².